The van der Waals surface area contributed by atoms with Gasteiger partial charge in [0.05, 0.1) is 29.6 Å². The average molecular weight is 276 g/mol. The van der Waals surface area contributed by atoms with Crippen LogP contribution >= 0.6 is 0 Å². The Morgan fingerprint density at radius 2 is 2.28 bits per heavy atom. The van der Waals surface area contributed by atoms with Gasteiger partial charge >= 0.3 is 0 Å². The third kappa shape index (κ3) is 3.02. The Morgan fingerprint density at radius 3 is 2.78 bits per heavy atom. The lowest BCUT2D eigenvalue weighted by Gasteiger charge is -2.29. The summed E-state index contributed by atoms with van der Waals surface area (Å²) in [4.78, 5) is 13.6. The summed E-state index contributed by atoms with van der Waals surface area (Å²) >= 11 is 0. The van der Waals surface area contributed by atoms with E-state index in [1.54, 1.807) is 7.05 Å². The van der Waals surface area contributed by atoms with Crippen molar-refractivity contribution in [3.05, 3.63) is 0 Å². The molecule has 2 heterocycles. The number of hydrogen-bond donors (Lipinski definition) is 2. The van der Waals surface area contributed by atoms with E-state index in [1.165, 1.54) is 4.90 Å². The molecular weight excluding hydrogens is 256 g/mol. The molecule has 2 atom stereocenters. The zero-order chi connectivity index (χ0) is 13.4. The molecule has 0 aromatic heterocycles. The van der Waals surface area contributed by atoms with Gasteiger partial charge in [0.2, 0.25) is 5.91 Å². The minimum absolute atomic E-state index is 0.0488. The van der Waals surface area contributed by atoms with E-state index < -0.39 is 21.4 Å². The molecule has 0 aromatic carbocycles. The quantitative estimate of drug-likeness (QED) is 0.662. The van der Waals surface area contributed by atoms with Gasteiger partial charge in [-0.3, -0.25) is 4.79 Å². The summed E-state index contributed by atoms with van der Waals surface area (Å²) in [5.74, 6) is -0.551. The molecule has 2 rings (SSSR count). The summed E-state index contributed by atoms with van der Waals surface area (Å²) < 4.78 is 22.7. The predicted octanol–water partition coefficient (Wildman–Crippen LogP) is -1.40. The smallest absolute Gasteiger partial charge is 0.226 e. The molecule has 2 fully saturated rings. The van der Waals surface area contributed by atoms with Gasteiger partial charge in [0.25, 0.3) is 0 Å². The molecule has 1 amide bonds. The van der Waals surface area contributed by atoms with Crippen molar-refractivity contribution >= 4 is 15.7 Å². The fourth-order valence-corrected chi connectivity index (χ4v) is 4.42. The van der Waals surface area contributed by atoms with Crippen molar-refractivity contribution in [1.29, 1.82) is 0 Å². The number of sulfone groups is 1. The van der Waals surface area contributed by atoms with Crippen LogP contribution in [-0.4, -0.2) is 68.1 Å². The highest BCUT2D eigenvalue weighted by molar-refractivity contribution is 7.91. The maximum atomic E-state index is 12.1. The lowest BCUT2D eigenvalue weighted by Crippen LogP contribution is -2.47. The fraction of sp³-hybridized carbons (Fsp3) is 0.909. The Labute approximate surface area is 107 Å². The zero-order valence-corrected chi connectivity index (χ0v) is 11.4. The van der Waals surface area contributed by atoms with Crippen LogP contribution in [0, 0.1) is 5.92 Å². The first-order valence-electron chi connectivity index (χ1n) is 6.20. The molecule has 6 nitrogen and oxygen atoms in total. The van der Waals surface area contributed by atoms with E-state index in [2.05, 4.69) is 5.32 Å². The Balaban J connectivity index is 1.93. The molecular formula is C11H20N2O4S. The second-order valence-electron chi connectivity index (χ2n) is 5.45. The van der Waals surface area contributed by atoms with Crippen molar-refractivity contribution in [1.82, 2.24) is 10.2 Å². The van der Waals surface area contributed by atoms with Crippen molar-refractivity contribution < 1.29 is 18.3 Å². The molecule has 2 aliphatic heterocycles. The molecule has 18 heavy (non-hydrogen) atoms. The number of carbonyl (C=O) groups excluding carboxylic acids is 1. The molecule has 0 saturated carbocycles. The molecule has 2 saturated heterocycles. The highest BCUT2D eigenvalue weighted by Crippen LogP contribution is 2.22. The summed E-state index contributed by atoms with van der Waals surface area (Å²) in [6.45, 7) is 1.49. The van der Waals surface area contributed by atoms with Gasteiger partial charge in [-0.15, -0.1) is 0 Å². The van der Waals surface area contributed by atoms with Crippen molar-refractivity contribution in [3.63, 3.8) is 0 Å². The summed E-state index contributed by atoms with van der Waals surface area (Å²) in [5, 5.41) is 13.2. The second kappa shape index (κ2) is 4.79. The van der Waals surface area contributed by atoms with Crippen molar-refractivity contribution in [3.8, 4) is 0 Å². The monoisotopic (exact) mass is 276 g/mol. The van der Waals surface area contributed by atoms with Gasteiger partial charge in [-0.25, -0.2) is 8.42 Å². The van der Waals surface area contributed by atoms with E-state index >= 15 is 0 Å². The predicted molar refractivity (Wildman–Crippen MR) is 66.8 cm³/mol. The lowest BCUT2D eigenvalue weighted by molar-refractivity contribution is -0.136. The van der Waals surface area contributed by atoms with Gasteiger partial charge in [0.15, 0.2) is 9.84 Å². The number of amides is 1. The van der Waals surface area contributed by atoms with E-state index in [1.807, 2.05) is 0 Å². The molecule has 2 N–H and O–H groups in total. The molecule has 0 spiro atoms. The maximum Gasteiger partial charge on any atom is 0.226 e. The van der Waals surface area contributed by atoms with Crippen LogP contribution in [0.25, 0.3) is 0 Å². The molecule has 2 aliphatic rings. The lowest BCUT2D eigenvalue weighted by atomic mass is 10.0. The van der Waals surface area contributed by atoms with Gasteiger partial charge in [0, 0.05) is 13.6 Å². The molecule has 104 valence electrons. The van der Waals surface area contributed by atoms with Crippen molar-refractivity contribution in [2.24, 2.45) is 5.92 Å². The van der Waals surface area contributed by atoms with Gasteiger partial charge in [-0.2, -0.15) is 0 Å². The van der Waals surface area contributed by atoms with Crippen LogP contribution in [0.4, 0.5) is 0 Å². The molecule has 0 radical (unpaired) electrons. The first-order chi connectivity index (χ1) is 8.31. The van der Waals surface area contributed by atoms with Crippen LogP contribution in [0.2, 0.25) is 0 Å². The molecule has 7 heteroatoms. The Hall–Kier alpha value is -0.660. The van der Waals surface area contributed by atoms with Crippen LogP contribution in [0.15, 0.2) is 0 Å². The summed E-state index contributed by atoms with van der Waals surface area (Å²) in [7, 11) is -1.41. The number of carbonyl (C=O) groups is 1. The van der Waals surface area contributed by atoms with Gasteiger partial charge < -0.3 is 15.3 Å². The highest BCUT2D eigenvalue weighted by Gasteiger charge is 2.38. The number of aliphatic hydroxyl groups is 1. The number of rotatable bonds is 3. The van der Waals surface area contributed by atoms with Crippen LogP contribution in [0.3, 0.4) is 0 Å². The largest absolute Gasteiger partial charge is 0.387 e. The summed E-state index contributed by atoms with van der Waals surface area (Å²) in [5.41, 5.74) is -0.873. The Bertz CT molecular complexity index is 428. The SMILES string of the molecule is CN(CC1(O)CCNC1)C(=O)C1CCS(=O)(=O)C1. The summed E-state index contributed by atoms with van der Waals surface area (Å²) in [6, 6.07) is 0. The van der Waals surface area contributed by atoms with Crippen LogP contribution < -0.4 is 5.32 Å². The van der Waals surface area contributed by atoms with E-state index in [0.29, 0.717) is 19.4 Å². The first-order valence-corrected chi connectivity index (χ1v) is 8.02. The fourth-order valence-electron chi connectivity index (χ4n) is 2.69. The van der Waals surface area contributed by atoms with E-state index in [0.717, 1.165) is 6.54 Å². The van der Waals surface area contributed by atoms with Crippen molar-refractivity contribution in [2.75, 3.05) is 38.2 Å². The normalized spacial score (nSPS) is 34.7. The molecule has 0 aromatic rings. The van der Waals surface area contributed by atoms with Crippen LogP contribution in [-0.2, 0) is 14.6 Å². The average Bonchev–Trinajstić information content (AvgIpc) is 2.84. The number of likely N-dealkylation sites (N-methyl/N-ethyl adjacent to an activating group) is 1. The van der Waals surface area contributed by atoms with Gasteiger partial charge in [-0.05, 0) is 19.4 Å². The maximum absolute atomic E-state index is 12.1. The van der Waals surface area contributed by atoms with E-state index in [-0.39, 0.29) is 24.0 Å². The highest BCUT2D eigenvalue weighted by atomic mass is 32.2. The van der Waals surface area contributed by atoms with E-state index in [9.17, 15) is 18.3 Å². The minimum atomic E-state index is -3.04. The Morgan fingerprint density at radius 1 is 1.56 bits per heavy atom. The topological polar surface area (TPSA) is 86.7 Å². The third-order valence-corrected chi connectivity index (χ3v) is 5.48. The zero-order valence-electron chi connectivity index (χ0n) is 10.6. The third-order valence-electron chi connectivity index (χ3n) is 3.71. The van der Waals surface area contributed by atoms with Gasteiger partial charge in [0.1, 0.15) is 0 Å². The van der Waals surface area contributed by atoms with Crippen LogP contribution in [0.5, 0.6) is 0 Å². The van der Waals surface area contributed by atoms with E-state index in [4.69, 9.17) is 0 Å². The Kier molecular flexibility index (Phi) is 3.66. The number of nitrogens with one attached hydrogen (secondary N) is 1. The molecule has 0 aliphatic carbocycles. The molecule has 2 unspecified atom stereocenters. The number of nitrogens with zero attached hydrogens (tertiary/aromatic N) is 1. The van der Waals surface area contributed by atoms with Crippen LogP contribution in [0.1, 0.15) is 12.8 Å². The second-order valence-corrected chi connectivity index (χ2v) is 7.67. The van der Waals surface area contributed by atoms with Crippen molar-refractivity contribution in [2.45, 2.75) is 18.4 Å². The van der Waals surface area contributed by atoms with Gasteiger partial charge in [-0.1, -0.05) is 0 Å². The number of β-amino-alcohol motifs (C(OH)–C–C–N with tert-alkyl or cyclic N) is 1. The standard InChI is InChI=1S/C11H20N2O4S/c1-13(8-11(15)3-4-12-7-11)10(14)9-2-5-18(16,17)6-9/h9,12,15H,2-8H2,1H3. The summed E-state index contributed by atoms with van der Waals surface area (Å²) in [6.07, 6.45) is 1.02. The first kappa shape index (κ1) is 13.8. The minimum Gasteiger partial charge on any atom is -0.387 e. The number of hydrogen-bond acceptors (Lipinski definition) is 5. The molecule has 0 bridgehead atoms.